The number of carbonyl (C=O) groups excluding carboxylic acids is 1. The van der Waals surface area contributed by atoms with E-state index in [2.05, 4.69) is 0 Å². The minimum Gasteiger partial charge on any atom is -0.508 e. The average molecular weight is 323 g/mol. The number of hydrogen-bond acceptors (Lipinski definition) is 3. The topological polar surface area (TPSA) is 60.8 Å². The smallest absolute Gasteiger partial charge is 0.257 e. The molecule has 0 fully saturated rings. The molecule has 2 N–H and O–H groups in total. The summed E-state index contributed by atoms with van der Waals surface area (Å²) >= 11 is 0. The largest absolute Gasteiger partial charge is 0.508 e. The third-order valence-corrected chi connectivity index (χ3v) is 5.18. The highest BCUT2D eigenvalue weighted by molar-refractivity contribution is 5.97. The van der Waals surface area contributed by atoms with E-state index in [0.29, 0.717) is 18.7 Å². The van der Waals surface area contributed by atoms with Gasteiger partial charge >= 0.3 is 0 Å². The van der Waals surface area contributed by atoms with Gasteiger partial charge in [-0.3, -0.25) is 4.79 Å². The molecule has 0 aromatic heterocycles. The molecule has 0 spiro atoms. The quantitative estimate of drug-likeness (QED) is 0.847. The van der Waals surface area contributed by atoms with E-state index in [-0.39, 0.29) is 17.4 Å². The molecule has 1 heterocycles. The zero-order valence-corrected chi connectivity index (χ0v) is 13.6. The van der Waals surface area contributed by atoms with Gasteiger partial charge in [0.2, 0.25) is 0 Å². The highest BCUT2D eigenvalue weighted by Gasteiger charge is 2.25. The Bertz CT molecular complexity index is 813. The van der Waals surface area contributed by atoms with E-state index in [1.54, 1.807) is 23.1 Å². The molecule has 0 radical (unpaired) electrons. The lowest BCUT2D eigenvalue weighted by atomic mass is 9.89. The Hall–Kier alpha value is -2.49. The summed E-state index contributed by atoms with van der Waals surface area (Å²) in [7, 11) is 0. The summed E-state index contributed by atoms with van der Waals surface area (Å²) in [5.74, 6) is 0.178. The van der Waals surface area contributed by atoms with Crippen LogP contribution in [0.5, 0.6) is 11.5 Å². The molecule has 0 unspecified atom stereocenters. The number of nitrogens with zero attached hydrogens (tertiary/aromatic N) is 1. The first-order chi connectivity index (χ1) is 11.6. The van der Waals surface area contributed by atoms with Crippen LogP contribution >= 0.6 is 0 Å². The summed E-state index contributed by atoms with van der Waals surface area (Å²) in [6.45, 7) is 1.10. The molecule has 1 amide bonds. The summed E-state index contributed by atoms with van der Waals surface area (Å²) < 4.78 is 0. The van der Waals surface area contributed by atoms with Crippen molar-refractivity contribution in [2.45, 2.75) is 38.6 Å². The number of hydrogen-bond donors (Lipinski definition) is 2. The van der Waals surface area contributed by atoms with Crippen molar-refractivity contribution in [1.29, 1.82) is 0 Å². The zero-order valence-electron chi connectivity index (χ0n) is 13.6. The van der Waals surface area contributed by atoms with Crippen LogP contribution in [0.3, 0.4) is 0 Å². The van der Waals surface area contributed by atoms with Crippen LogP contribution in [0.2, 0.25) is 0 Å². The van der Waals surface area contributed by atoms with E-state index >= 15 is 0 Å². The lowest BCUT2D eigenvalue weighted by Gasteiger charge is -2.29. The van der Waals surface area contributed by atoms with Crippen LogP contribution in [0, 0.1) is 0 Å². The van der Waals surface area contributed by atoms with Gasteiger partial charge < -0.3 is 15.1 Å². The molecule has 4 nitrogen and oxygen atoms in total. The predicted molar refractivity (Wildman–Crippen MR) is 91.3 cm³/mol. The molecular weight excluding hydrogens is 302 g/mol. The molecule has 124 valence electrons. The van der Waals surface area contributed by atoms with Gasteiger partial charge in [0.15, 0.2) is 0 Å². The second-order valence-electron chi connectivity index (χ2n) is 6.77. The Labute approximate surface area is 141 Å². The van der Waals surface area contributed by atoms with Gasteiger partial charge in [0.25, 0.3) is 5.91 Å². The van der Waals surface area contributed by atoms with E-state index in [4.69, 9.17) is 0 Å². The van der Waals surface area contributed by atoms with Crippen LogP contribution in [-0.4, -0.2) is 27.6 Å². The van der Waals surface area contributed by atoms with Crippen molar-refractivity contribution in [2.24, 2.45) is 0 Å². The number of amides is 1. The molecule has 0 atom stereocenters. The fourth-order valence-electron chi connectivity index (χ4n) is 3.83. The SMILES string of the molecule is O=C(c1cc2c(cc1O)CCCC2)N1CCc2ccc(O)cc2C1. The molecule has 2 aromatic carbocycles. The number of fused-ring (bicyclic) bond motifs is 2. The van der Waals surface area contributed by atoms with E-state index < -0.39 is 0 Å². The first-order valence-electron chi connectivity index (χ1n) is 8.56. The third-order valence-electron chi connectivity index (χ3n) is 5.18. The van der Waals surface area contributed by atoms with Crippen molar-refractivity contribution in [3.63, 3.8) is 0 Å². The number of rotatable bonds is 1. The second kappa shape index (κ2) is 5.86. The Balaban J connectivity index is 1.62. The number of carbonyl (C=O) groups is 1. The van der Waals surface area contributed by atoms with Crippen LogP contribution in [0.4, 0.5) is 0 Å². The van der Waals surface area contributed by atoms with Crippen molar-refractivity contribution >= 4 is 5.91 Å². The molecule has 4 heteroatoms. The van der Waals surface area contributed by atoms with Crippen LogP contribution in [-0.2, 0) is 25.8 Å². The van der Waals surface area contributed by atoms with Gasteiger partial charge in [-0.2, -0.15) is 0 Å². The number of aryl methyl sites for hydroxylation is 2. The lowest BCUT2D eigenvalue weighted by molar-refractivity contribution is 0.0731. The first-order valence-corrected chi connectivity index (χ1v) is 8.56. The van der Waals surface area contributed by atoms with Crippen LogP contribution in [0.15, 0.2) is 30.3 Å². The summed E-state index contributed by atoms with van der Waals surface area (Å²) in [6, 6.07) is 8.98. The summed E-state index contributed by atoms with van der Waals surface area (Å²) in [4.78, 5) is 14.7. The molecule has 0 saturated heterocycles. The minimum atomic E-state index is -0.130. The summed E-state index contributed by atoms with van der Waals surface area (Å²) in [5.41, 5.74) is 4.92. The maximum atomic E-state index is 12.9. The van der Waals surface area contributed by atoms with Gasteiger partial charge in [0, 0.05) is 13.1 Å². The molecule has 4 rings (SSSR count). The maximum Gasteiger partial charge on any atom is 0.257 e. The van der Waals surface area contributed by atoms with Gasteiger partial charge in [-0.15, -0.1) is 0 Å². The Morgan fingerprint density at radius 1 is 0.875 bits per heavy atom. The fourth-order valence-corrected chi connectivity index (χ4v) is 3.83. The van der Waals surface area contributed by atoms with Crippen molar-refractivity contribution in [3.05, 3.63) is 58.1 Å². The Kier molecular flexibility index (Phi) is 3.68. The van der Waals surface area contributed by atoms with Crippen molar-refractivity contribution < 1.29 is 15.0 Å². The van der Waals surface area contributed by atoms with E-state index in [1.807, 2.05) is 12.1 Å². The van der Waals surface area contributed by atoms with Crippen LogP contribution in [0.1, 0.15) is 45.5 Å². The van der Waals surface area contributed by atoms with Crippen LogP contribution in [0.25, 0.3) is 0 Å². The van der Waals surface area contributed by atoms with Gasteiger partial charge in [-0.1, -0.05) is 6.07 Å². The number of aromatic hydroxyl groups is 2. The molecule has 1 aliphatic heterocycles. The molecule has 0 saturated carbocycles. The van der Waals surface area contributed by atoms with E-state index in [0.717, 1.165) is 37.7 Å². The molecule has 0 bridgehead atoms. The van der Waals surface area contributed by atoms with E-state index in [9.17, 15) is 15.0 Å². The first kappa shape index (κ1) is 15.1. The summed E-state index contributed by atoms with van der Waals surface area (Å²) in [5, 5.41) is 20.0. The molecule has 2 aromatic rings. The van der Waals surface area contributed by atoms with Crippen molar-refractivity contribution in [2.75, 3.05) is 6.54 Å². The highest BCUT2D eigenvalue weighted by atomic mass is 16.3. The normalized spacial score (nSPS) is 16.4. The molecule has 24 heavy (non-hydrogen) atoms. The van der Waals surface area contributed by atoms with Crippen molar-refractivity contribution in [3.8, 4) is 11.5 Å². The number of phenols is 2. The fraction of sp³-hybridized carbons (Fsp3) is 0.350. The second-order valence-corrected chi connectivity index (χ2v) is 6.77. The van der Waals surface area contributed by atoms with Gasteiger partial charge in [-0.25, -0.2) is 0 Å². The standard InChI is InChI=1S/C20H21NO3/c22-17-6-5-13-7-8-21(12-16(13)9-17)20(24)18-10-14-3-1-2-4-15(14)11-19(18)23/h5-6,9-11,22-23H,1-4,7-8,12H2. The number of phenolic OH excluding ortho intramolecular Hbond substituents is 2. The minimum absolute atomic E-state index is 0.0855. The Morgan fingerprint density at radius 3 is 2.42 bits per heavy atom. The number of benzene rings is 2. The van der Waals surface area contributed by atoms with Gasteiger partial charge in [0.05, 0.1) is 5.56 Å². The third kappa shape index (κ3) is 2.62. The van der Waals surface area contributed by atoms with Crippen LogP contribution < -0.4 is 0 Å². The maximum absolute atomic E-state index is 12.9. The molecule has 2 aliphatic rings. The Morgan fingerprint density at radius 2 is 1.62 bits per heavy atom. The predicted octanol–water partition coefficient (Wildman–Crippen LogP) is 3.18. The van der Waals surface area contributed by atoms with Crippen molar-refractivity contribution in [1.82, 2.24) is 4.90 Å². The monoisotopic (exact) mass is 323 g/mol. The summed E-state index contributed by atoms with van der Waals surface area (Å²) in [6.07, 6.45) is 5.02. The van der Waals surface area contributed by atoms with Gasteiger partial charge in [-0.05, 0) is 78.6 Å². The molecule has 1 aliphatic carbocycles. The molecular formula is C20H21NO3. The van der Waals surface area contributed by atoms with E-state index in [1.165, 1.54) is 16.7 Å². The highest BCUT2D eigenvalue weighted by Crippen LogP contribution is 2.31. The zero-order chi connectivity index (χ0) is 16.7. The average Bonchev–Trinajstić information content (AvgIpc) is 2.60. The van der Waals surface area contributed by atoms with Gasteiger partial charge in [0.1, 0.15) is 11.5 Å². The lowest BCUT2D eigenvalue weighted by Crippen LogP contribution is -2.36.